The molecule has 0 radical (unpaired) electrons. The highest BCUT2D eigenvalue weighted by Gasteiger charge is 2.30. The lowest BCUT2D eigenvalue weighted by Crippen LogP contribution is -2.16. The number of hydrogen-bond donors (Lipinski definition) is 2. The summed E-state index contributed by atoms with van der Waals surface area (Å²) in [7, 11) is 0. The van der Waals surface area contributed by atoms with E-state index in [4.69, 9.17) is 0 Å². The average Bonchev–Trinajstić information content (AvgIpc) is 3.45. The fraction of sp³-hybridized carbons (Fsp3) is 0.167. The summed E-state index contributed by atoms with van der Waals surface area (Å²) in [5.41, 5.74) is 2.06. The van der Waals surface area contributed by atoms with Crippen molar-refractivity contribution in [2.75, 3.05) is 10.6 Å². The van der Waals surface area contributed by atoms with Gasteiger partial charge < -0.3 is 10.6 Å². The lowest BCUT2D eigenvalue weighted by atomic mass is 10.2. The average molecular weight is 426 g/mol. The first-order chi connectivity index (χ1) is 15.7. The highest BCUT2D eigenvalue weighted by atomic mass is 16.2. The standard InChI is InChI=1S/C24H22N6O2/c31-23(18-11-12-18)26-22-15-20(27-30(22)19-9-5-2-6-10-19)24(32)25-21-13-14-29(28-21)16-17-7-3-1-4-8-17/h1-10,13-15,18H,11-12,16H2,(H,26,31)(H,25,28,32). The van der Waals surface area contributed by atoms with E-state index in [1.165, 1.54) is 0 Å². The molecule has 8 heteroatoms. The maximum atomic E-state index is 12.9. The van der Waals surface area contributed by atoms with Crippen molar-refractivity contribution in [2.24, 2.45) is 5.92 Å². The summed E-state index contributed by atoms with van der Waals surface area (Å²) in [6.07, 6.45) is 3.60. The second-order valence-electron chi connectivity index (χ2n) is 7.76. The minimum absolute atomic E-state index is 0.0416. The van der Waals surface area contributed by atoms with Crippen LogP contribution in [0.1, 0.15) is 28.9 Å². The zero-order valence-corrected chi connectivity index (χ0v) is 17.3. The van der Waals surface area contributed by atoms with Gasteiger partial charge in [0.1, 0.15) is 5.82 Å². The largest absolute Gasteiger partial charge is 0.310 e. The molecule has 2 aromatic carbocycles. The Morgan fingerprint density at radius 2 is 1.62 bits per heavy atom. The molecule has 8 nitrogen and oxygen atoms in total. The van der Waals surface area contributed by atoms with Crippen molar-refractivity contribution >= 4 is 23.5 Å². The van der Waals surface area contributed by atoms with E-state index in [9.17, 15) is 9.59 Å². The highest BCUT2D eigenvalue weighted by Crippen LogP contribution is 2.30. The molecule has 0 unspecified atom stereocenters. The van der Waals surface area contributed by atoms with Gasteiger partial charge in [0.25, 0.3) is 5.91 Å². The molecule has 0 saturated heterocycles. The number of hydrogen-bond acceptors (Lipinski definition) is 4. The third-order valence-electron chi connectivity index (χ3n) is 5.21. The normalized spacial score (nSPS) is 13.0. The molecule has 2 heterocycles. The van der Waals surface area contributed by atoms with E-state index in [-0.39, 0.29) is 17.5 Å². The third kappa shape index (κ3) is 4.44. The van der Waals surface area contributed by atoms with Crippen molar-refractivity contribution in [1.82, 2.24) is 19.6 Å². The van der Waals surface area contributed by atoms with Gasteiger partial charge >= 0.3 is 0 Å². The molecule has 0 atom stereocenters. The number of benzene rings is 2. The Hall–Kier alpha value is -4.20. The molecular formula is C24H22N6O2. The predicted molar refractivity (Wildman–Crippen MR) is 121 cm³/mol. The molecule has 32 heavy (non-hydrogen) atoms. The van der Waals surface area contributed by atoms with Crippen LogP contribution in [0.5, 0.6) is 0 Å². The molecule has 2 aromatic heterocycles. The van der Waals surface area contributed by atoms with Crippen molar-refractivity contribution in [1.29, 1.82) is 0 Å². The van der Waals surface area contributed by atoms with Crippen LogP contribution in [0.2, 0.25) is 0 Å². The zero-order chi connectivity index (χ0) is 21.9. The third-order valence-corrected chi connectivity index (χ3v) is 5.21. The van der Waals surface area contributed by atoms with Gasteiger partial charge in [0.2, 0.25) is 5.91 Å². The quantitative estimate of drug-likeness (QED) is 0.471. The molecule has 1 aliphatic carbocycles. The van der Waals surface area contributed by atoms with Crippen LogP contribution in [-0.4, -0.2) is 31.4 Å². The second kappa shape index (κ2) is 8.50. The van der Waals surface area contributed by atoms with Gasteiger partial charge in [-0.05, 0) is 30.5 Å². The topological polar surface area (TPSA) is 93.8 Å². The van der Waals surface area contributed by atoms with Crippen LogP contribution in [0.4, 0.5) is 11.6 Å². The molecule has 160 valence electrons. The van der Waals surface area contributed by atoms with Crippen molar-refractivity contribution in [3.05, 3.63) is 90.3 Å². The van der Waals surface area contributed by atoms with Gasteiger partial charge in [-0.15, -0.1) is 0 Å². The fourth-order valence-corrected chi connectivity index (χ4v) is 3.39. The predicted octanol–water partition coefficient (Wildman–Crippen LogP) is 3.72. The first-order valence-corrected chi connectivity index (χ1v) is 10.5. The Morgan fingerprint density at radius 3 is 2.34 bits per heavy atom. The van der Waals surface area contributed by atoms with E-state index >= 15 is 0 Å². The molecule has 0 bridgehead atoms. The number of anilines is 2. The molecule has 4 aromatic rings. The van der Waals surface area contributed by atoms with E-state index < -0.39 is 5.91 Å². The van der Waals surface area contributed by atoms with E-state index in [2.05, 4.69) is 20.8 Å². The van der Waals surface area contributed by atoms with E-state index in [0.717, 1.165) is 24.1 Å². The Kier molecular flexibility index (Phi) is 5.25. The van der Waals surface area contributed by atoms with Crippen LogP contribution >= 0.6 is 0 Å². The maximum absolute atomic E-state index is 12.9. The van der Waals surface area contributed by atoms with Gasteiger partial charge in [-0.1, -0.05) is 48.5 Å². The van der Waals surface area contributed by atoms with Crippen LogP contribution in [0.25, 0.3) is 5.69 Å². The number of aromatic nitrogens is 4. The molecule has 1 saturated carbocycles. The zero-order valence-electron chi connectivity index (χ0n) is 17.3. The van der Waals surface area contributed by atoms with Crippen molar-refractivity contribution in [3.8, 4) is 5.69 Å². The van der Waals surface area contributed by atoms with Crippen molar-refractivity contribution < 1.29 is 9.59 Å². The lowest BCUT2D eigenvalue weighted by molar-refractivity contribution is -0.117. The minimum Gasteiger partial charge on any atom is -0.310 e. The summed E-state index contributed by atoms with van der Waals surface area (Å²) in [5.74, 6) is 0.497. The van der Waals surface area contributed by atoms with Gasteiger partial charge in [-0.25, -0.2) is 4.68 Å². The van der Waals surface area contributed by atoms with E-state index in [1.54, 1.807) is 21.5 Å². The first kappa shape index (κ1) is 19.7. The van der Waals surface area contributed by atoms with Crippen molar-refractivity contribution in [3.63, 3.8) is 0 Å². The number of para-hydroxylation sites is 1. The number of nitrogens with zero attached hydrogens (tertiary/aromatic N) is 4. The van der Waals surface area contributed by atoms with Gasteiger partial charge in [0.05, 0.1) is 12.2 Å². The summed E-state index contributed by atoms with van der Waals surface area (Å²) in [6, 6.07) is 22.7. The van der Waals surface area contributed by atoms with Gasteiger partial charge in [-0.2, -0.15) is 10.2 Å². The van der Waals surface area contributed by atoms with Crippen molar-refractivity contribution in [2.45, 2.75) is 19.4 Å². The molecule has 2 amide bonds. The van der Waals surface area contributed by atoms with Gasteiger partial charge in [0.15, 0.2) is 11.5 Å². The number of carbonyl (C=O) groups is 2. The summed E-state index contributed by atoms with van der Waals surface area (Å²) < 4.78 is 3.33. The summed E-state index contributed by atoms with van der Waals surface area (Å²) in [4.78, 5) is 25.2. The van der Waals surface area contributed by atoms with Crippen LogP contribution < -0.4 is 10.6 Å². The second-order valence-corrected chi connectivity index (χ2v) is 7.76. The number of rotatable bonds is 7. The Labute approximate surface area is 184 Å². The van der Waals surface area contributed by atoms with Crippen LogP contribution in [0.15, 0.2) is 79.0 Å². The Morgan fingerprint density at radius 1 is 0.906 bits per heavy atom. The lowest BCUT2D eigenvalue weighted by Gasteiger charge is -2.08. The summed E-state index contributed by atoms with van der Waals surface area (Å²) >= 11 is 0. The molecule has 5 rings (SSSR count). The van der Waals surface area contributed by atoms with Crippen LogP contribution in [0.3, 0.4) is 0 Å². The molecule has 0 aliphatic heterocycles. The minimum atomic E-state index is -0.397. The smallest absolute Gasteiger partial charge is 0.277 e. The fourth-order valence-electron chi connectivity index (χ4n) is 3.39. The number of carbonyl (C=O) groups excluding carboxylic acids is 2. The maximum Gasteiger partial charge on any atom is 0.277 e. The number of nitrogens with one attached hydrogen (secondary N) is 2. The number of amides is 2. The highest BCUT2D eigenvalue weighted by molar-refractivity contribution is 6.03. The molecule has 1 fully saturated rings. The van der Waals surface area contributed by atoms with E-state index in [1.807, 2.05) is 66.9 Å². The van der Waals surface area contributed by atoms with E-state index in [0.29, 0.717) is 18.2 Å². The first-order valence-electron chi connectivity index (χ1n) is 10.5. The molecular weight excluding hydrogens is 404 g/mol. The van der Waals surface area contributed by atoms with Crippen LogP contribution in [0, 0.1) is 5.92 Å². The van der Waals surface area contributed by atoms with Gasteiger partial charge in [0, 0.05) is 24.2 Å². The summed E-state index contributed by atoms with van der Waals surface area (Å²) in [5, 5.41) is 14.5. The van der Waals surface area contributed by atoms with Crippen LogP contribution in [-0.2, 0) is 11.3 Å². The molecule has 0 spiro atoms. The van der Waals surface area contributed by atoms with Gasteiger partial charge in [-0.3, -0.25) is 14.3 Å². The Balaban J connectivity index is 1.34. The molecule has 2 N–H and O–H groups in total. The monoisotopic (exact) mass is 426 g/mol. The summed E-state index contributed by atoms with van der Waals surface area (Å²) in [6.45, 7) is 0.608. The SMILES string of the molecule is O=C(Nc1ccn(Cc2ccccc2)n1)c1cc(NC(=O)C2CC2)n(-c2ccccc2)n1. The molecule has 1 aliphatic rings. The Bertz CT molecular complexity index is 1240.